The van der Waals surface area contributed by atoms with Gasteiger partial charge in [0.05, 0.1) is 12.2 Å². The highest BCUT2D eigenvalue weighted by atomic mass is 35.5. The van der Waals surface area contributed by atoms with E-state index in [-0.39, 0.29) is 30.4 Å². The minimum absolute atomic E-state index is 0.211. The van der Waals surface area contributed by atoms with Crippen molar-refractivity contribution in [2.24, 2.45) is 7.05 Å². The molecule has 3 atom stereocenters. The summed E-state index contributed by atoms with van der Waals surface area (Å²) in [6, 6.07) is 8.41. The van der Waals surface area contributed by atoms with Gasteiger partial charge < -0.3 is 14.6 Å². The zero-order valence-electron chi connectivity index (χ0n) is 24.1. The molecule has 12 heteroatoms. The first kappa shape index (κ1) is 29.8. The minimum atomic E-state index is -0.787. The summed E-state index contributed by atoms with van der Waals surface area (Å²) in [6.45, 7) is 7.44. The highest BCUT2D eigenvalue weighted by Crippen LogP contribution is 2.31. The van der Waals surface area contributed by atoms with Crippen LogP contribution in [-0.4, -0.2) is 60.7 Å². The Bertz CT molecular complexity index is 1630. The molecule has 1 aliphatic heterocycles. The second-order valence-electron chi connectivity index (χ2n) is 11.8. The molecule has 1 aliphatic rings. The third-order valence-corrected chi connectivity index (χ3v) is 7.64. The number of likely N-dealkylation sites (tertiary alicyclic amines) is 1. The van der Waals surface area contributed by atoms with Gasteiger partial charge in [-0.2, -0.15) is 0 Å². The van der Waals surface area contributed by atoms with Crippen LogP contribution in [0.3, 0.4) is 0 Å². The van der Waals surface area contributed by atoms with Crippen molar-refractivity contribution >= 4 is 46.1 Å². The first-order valence-corrected chi connectivity index (χ1v) is 14.4. The molecular formula is C30H33Cl2FN6O3. The standard InChI is InChI=1S/C30H33Cl2FN6O3/c1-17(8-19-14-37(5)26-7-6-22(33)12-24(19)26)34-28(40)27-13-23(15-38(27)29(41)42-30(2,3)4)39-16-25(35-36-39)18-9-20(31)11-21(32)10-18/h6-7,9-12,14,16-17,23,27H,8,13,15H2,1-5H3,(H,34,40)/t17?,23?,27-/m1/s1. The van der Waals surface area contributed by atoms with E-state index in [0.29, 0.717) is 34.1 Å². The summed E-state index contributed by atoms with van der Waals surface area (Å²) in [5.41, 5.74) is 2.36. The molecule has 0 radical (unpaired) electrons. The molecule has 0 spiro atoms. The monoisotopic (exact) mass is 614 g/mol. The normalized spacial score (nSPS) is 18.0. The van der Waals surface area contributed by atoms with Crippen molar-refractivity contribution < 1.29 is 18.7 Å². The Labute approximate surface area is 253 Å². The molecule has 4 aromatic rings. The number of aromatic nitrogens is 4. The van der Waals surface area contributed by atoms with Crippen LogP contribution in [0.1, 0.15) is 45.7 Å². The van der Waals surface area contributed by atoms with Gasteiger partial charge in [-0.05, 0) is 76.1 Å². The highest BCUT2D eigenvalue weighted by molar-refractivity contribution is 6.35. The van der Waals surface area contributed by atoms with Crippen molar-refractivity contribution in [3.05, 3.63) is 70.2 Å². The van der Waals surface area contributed by atoms with E-state index in [1.807, 2.05) is 24.7 Å². The van der Waals surface area contributed by atoms with Crippen LogP contribution >= 0.6 is 23.2 Å². The number of ether oxygens (including phenoxy) is 1. The van der Waals surface area contributed by atoms with Crippen LogP contribution in [0, 0.1) is 5.82 Å². The van der Waals surface area contributed by atoms with Crippen LogP contribution in [0.2, 0.25) is 10.0 Å². The van der Waals surface area contributed by atoms with Crippen molar-refractivity contribution in [2.45, 2.75) is 64.3 Å². The van der Waals surface area contributed by atoms with Crippen molar-refractivity contribution in [1.29, 1.82) is 0 Å². The fourth-order valence-corrected chi connectivity index (χ4v) is 5.92. The maximum absolute atomic E-state index is 14.0. The lowest BCUT2D eigenvalue weighted by atomic mass is 10.1. The number of aryl methyl sites for hydroxylation is 1. The van der Waals surface area contributed by atoms with Gasteiger partial charge in [-0.3, -0.25) is 9.69 Å². The molecule has 2 unspecified atom stereocenters. The number of rotatable bonds is 6. The first-order chi connectivity index (χ1) is 19.8. The number of hydrogen-bond donors (Lipinski definition) is 1. The molecule has 0 bridgehead atoms. The number of amides is 2. The number of nitrogens with one attached hydrogen (secondary N) is 1. The number of halogens is 3. The lowest BCUT2D eigenvalue weighted by Crippen LogP contribution is -2.49. The molecule has 222 valence electrons. The van der Waals surface area contributed by atoms with Gasteiger partial charge in [0, 0.05) is 58.8 Å². The lowest BCUT2D eigenvalue weighted by molar-refractivity contribution is -0.126. The molecule has 2 amide bonds. The topological polar surface area (TPSA) is 94.3 Å². The summed E-state index contributed by atoms with van der Waals surface area (Å²) in [4.78, 5) is 28.3. The van der Waals surface area contributed by atoms with Gasteiger partial charge in [0.15, 0.2) is 0 Å². The Balaban J connectivity index is 1.34. The van der Waals surface area contributed by atoms with Crippen LogP contribution < -0.4 is 5.32 Å². The number of nitrogens with zero attached hydrogens (tertiary/aromatic N) is 5. The summed E-state index contributed by atoms with van der Waals surface area (Å²) in [7, 11) is 1.90. The molecule has 5 rings (SSSR count). The van der Waals surface area contributed by atoms with Gasteiger partial charge in [-0.1, -0.05) is 28.4 Å². The van der Waals surface area contributed by atoms with E-state index in [4.69, 9.17) is 27.9 Å². The Morgan fingerprint density at radius 1 is 1.14 bits per heavy atom. The average molecular weight is 616 g/mol. The molecule has 2 aromatic heterocycles. The van der Waals surface area contributed by atoms with E-state index in [1.165, 1.54) is 17.0 Å². The Hall–Kier alpha value is -3.63. The molecular weight excluding hydrogens is 582 g/mol. The predicted octanol–water partition coefficient (Wildman–Crippen LogP) is 6.18. The summed E-state index contributed by atoms with van der Waals surface area (Å²) in [6.07, 6.45) is 3.92. The smallest absolute Gasteiger partial charge is 0.411 e. The fraction of sp³-hybridized carbons (Fsp3) is 0.400. The quantitative estimate of drug-likeness (QED) is 0.280. The van der Waals surface area contributed by atoms with E-state index in [1.54, 1.807) is 55.9 Å². The van der Waals surface area contributed by atoms with Crippen molar-refractivity contribution in [3.8, 4) is 11.3 Å². The zero-order chi connectivity index (χ0) is 30.3. The van der Waals surface area contributed by atoms with Crippen LogP contribution in [0.5, 0.6) is 0 Å². The second-order valence-corrected chi connectivity index (χ2v) is 12.7. The molecule has 1 saturated heterocycles. The molecule has 1 fully saturated rings. The second kappa shape index (κ2) is 11.6. The molecule has 0 aliphatic carbocycles. The van der Waals surface area contributed by atoms with E-state index < -0.39 is 17.7 Å². The SMILES string of the molecule is CC(Cc1cn(C)c2ccc(F)cc12)NC(=O)[C@H]1CC(n2cc(-c3cc(Cl)cc(Cl)c3)nn2)CN1C(=O)OC(C)(C)C. The predicted molar refractivity (Wildman–Crippen MR) is 160 cm³/mol. The van der Waals surface area contributed by atoms with Gasteiger partial charge in [-0.25, -0.2) is 13.9 Å². The Morgan fingerprint density at radius 3 is 2.55 bits per heavy atom. The summed E-state index contributed by atoms with van der Waals surface area (Å²) < 4.78 is 23.2. The number of fused-ring (bicyclic) bond motifs is 1. The third-order valence-electron chi connectivity index (χ3n) is 7.20. The molecule has 42 heavy (non-hydrogen) atoms. The van der Waals surface area contributed by atoms with Gasteiger partial charge in [0.2, 0.25) is 5.91 Å². The summed E-state index contributed by atoms with van der Waals surface area (Å²) in [5, 5.41) is 13.4. The largest absolute Gasteiger partial charge is 0.444 e. The van der Waals surface area contributed by atoms with Crippen LogP contribution in [-0.2, 0) is 23.0 Å². The van der Waals surface area contributed by atoms with Gasteiger partial charge in [0.1, 0.15) is 23.2 Å². The number of hydrogen-bond acceptors (Lipinski definition) is 5. The van der Waals surface area contributed by atoms with E-state index in [0.717, 1.165) is 16.5 Å². The summed E-state index contributed by atoms with van der Waals surface area (Å²) in [5.74, 6) is -0.615. The third kappa shape index (κ3) is 6.55. The molecule has 0 saturated carbocycles. The highest BCUT2D eigenvalue weighted by Gasteiger charge is 2.43. The number of carbonyl (C=O) groups is 2. The maximum atomic E-state index is 14.0. The van der Waals surface area contributed by atoms with E-state index in [2.05, 4.69) is 15.6 Å². The zero-order valence-corrected chi connectivity index (χ0v) is 25.6. The molecule has 9 nitrogen and oxygen atoms in total. The molecule has 3 heterocycles. The number of carbonyl (C=O) groups excluding carboxylic acids is 2. The van der Waals surface area contributed by atoms with Crippen molar-refractivity contribution in [2.75, 3.05) is 6.54 Å². The minimum Gasteiger partial charge on any atom is -0.444 e. The maximum Gasteiger partial charge on any atom is 0.411 e. The van der Waals surface area contributed by atoms with Crippen molar-refractivity contribution in [1.82, 2.24) is 29.8 Å². The van der Waals surface area contributed by atoms with Crippen LogP contribution in [0.15, 0.2) is 48.8 Å². The van der Waals surface area contributed by atoms with Gasteiger partial charge in [0.25, 0.3) is 0 Å². The summed E-state index contributed by atoms with van der Waals surface area (Å²) >= 11 is 12.3. The Morgan fingerprint density at radius 2 is 1.86 bits per heavy atom. The Kier molecular flexibility index (Phi) is 8.22. The van der Waals surface area contributed by atoms with Gasteiger partial charge >= 0.3 is 6.09 Å². The molecule has 2 aromatic carbocycles. The van der Waals surface area contributed by atoms with Gasteiger partial charge in [-0.15, -0.1) is 5.10 Å². The van der Waals surface area contributed by atoms with E-state index >= 15 is 0 Å². The first-order valence-electron chi connectivity index (χ1n) is 13.7. The van der Waals surface area contributed by atoms with E-state index in [9.17, 15) is 14.0 Å². The van der Waals surface area contributed by atoms with Crippen LogP contribution in [0.4, 0.5) is 9.18 Å². The number of benzene rings is 2. The van der Waals surface area contributed by atoms with Crippen molar-refractivity contribution in [3.63, 3.8) is 0 Å². The van der Waals surface area contributed by atoms with Crippen LogP contribution in [0.25, 0.3) is 22.2 Å². The average Bonchev–Trinajstić information content (AvgIpc) is 3.60. The lowest BCUT2D eigenvalue weighted by Gasteiger charge is -2.28. The molecule has 1 N–H and O–H groups in total. The fourth-order valence-electron chi connectivity index (χ4n) is 5.39.